The lowest BCUT2D eigenvalue weighted by molar-refractivity contribution is -0.142. The van der Waals surface area contributed by atoms with Crippen LogP contribution in [0.15, 0.2) is 6.07 Å². The van der Waals surface area contributed by atoms with Gasteiger partial charge in [0.2, 0.25) is 0 Å². The van der Waals surface area contributed by atoms with Gasteiger partial charge in [0.25, 0.3) is 0 Å². The maximum absolute atomic E-state index is 11.2. The van der Waals surface area contributed by atoms with Crippen molar-refractivity contribution in [1.82, 2.24) is 0 Å². The number of aryl methyl sites for hydroxylation is 2. The monoisotopic (exact) mass is 247 g/mol. The molecule has 0 bridgehead atoms. The fourth-order valence-electron chi connectivity index (χ4n) is 2.36. The summed E-state index contributed by atoms with van der Waals surface area (Å²) in [5.74, 6) is -0.672. The van der Waals surface area contributed by atoms with Crippen LogP contribution in [0.3, 0.4) is 0 Å². The van der Waals surface area contributed by atoms with Crippen LogP contribution in [0.5, 0.6) is 0 Å². The van der Waals surface area contributed by atoms with Gasteiger partial charge in [0.05, 0.1) is 5.41 Å². The predicted octanol–water partition coefficient (Wildman–Crippen LogP) is 3.20. The molecule has 0 aromatic heterocycles. The maximum atomic E-state index is 11.2. The summed E-state index contributed by atoms with van der Waals surface area (Å²) in [6.07, 6.45) is 1.58. The summed E-state index contributed by atoms with van der Waals surface area (Å²) >= 11 is 0. The standard InChI is InChI=1S/C15H21NO2/c1-9-7-10(2)12(4)13(11(9)3)16-8-15(5-6-15)14(17)18/h7,16H,5-6,8H2,1-4H3,(H,17,18). The first kappa shape index (κ1) is 12.9. The van der Waals surface area contributed by atoms with Gasteiger partial charge in [0.1, 0.15) is 0 Å². The molecule has 0 amide bonds. The van der Waals surface area contributed by atoms with E-state index in [1.54, 1.807) is 0 Å². The molecule has 0 spiro atoms. The van der Waals surface area contributed by atoms with Crippen LogP contribution < -0.4 is 5.32 Å². The van der Waals surface area contributed by atoms with E-state index in [1.807, 2.05) is 0 Å². The highest BCUT2D eigenvalue weighted by Gasteiger charge is 2.50. The number of aliphatic carboxylic acids is 1. The summed E-state index contributed by atoms with van der Waals surface area (Å²) in [7, 11) is 0. The number of carboxylic acids is 1. The van der Waals surface area contributed by atoms with Gasteiger partial charge in [0.15, 0.2) is 0 Å². The Balaban J connectivity index is 2.22. The first-order chi connectivity index (χ1) is 8.37. The molecular formula is C15H21NO2. The molecule has 0 aliphatic heterocycles. The number of carbonyl (C=O) groups is 1. The Labute approximate surface area is 108 Å². The van der Waals surface area contributed by atoms with Crippen molar-refractivity contribution in [2.45, 2.75) is 40.5 Å². The minimum Gasteiger partial charge on any atom is -0.481 e. The SMILES string of the molecule is Cc1cc(C)c(C)c(NCC2(C(=O)O)CC2)c1C. The highest BCUT2D eigenvalue weighted by Crippen LogP contribution is 2.46. The number of hydrogen-bond acceptors (Lipinski definition) is 2. The van der Waals surface area contributed by atoms with Gasteiger partial charge in [-0.3, -0.25) is 4.79 Å². The van der Waals surface area contributed by atoms with E-state index in [2.05, 4.69) is 39.1 Å². The van der Waals surface area contributed by atoms with Crippen LogP contribution in [0.2, 0.25) is 0 Å². The van der Waals surface area contributed by atoms with E-state index in [1.165, 1.54) is 22.3 Å². The summed E-state index contributed by atoms with van der Waals surface area (Å²) in [6, 6.07) is 2.18. The van der Waals surface area contributed by atoms with Crippen molar-refractivity contribution in [2.24, 2.45) is 5.41 Å². The van der Waals surface area contributed by atoms with Crippen LogP contribution in [0.1, 0.15) is 35.1 Å². The second kappa shape index (κ2) is 4.30. The third-order valence-corrected chi connectivity index (χ3v) is 4.28. The van der Waals surface area contributed by atoms with Gasteiger partial charge >= 0.3 is 5.97 Å². The Bertz CT molecular complexity index is 475. The van der Waals surface area contributed by atoms with Crippen molar-refractivity contribution in [3.63, 3.8) is 0 Å². The van der Waals surface area contributed by atoms with E-state index in [4.69, 9.17) is 0 Å². The number of benzene rings is 1. The highest BCUT2D eigenvalue weighted by molar-refractivity contribution is 5.79. The molecule has 1 aliphatic carbocycles. The molecule has 1 saturated carbocycles. The molecule has 0 saturated heterocycles. The van der Waals surface area contributed by atoms with Gasteiger partial charge in [-0.15, -0.1) is 0 Å². The Morgan fingerprint density at radius 3 is 2.11 bits per heavy atom. The number of nitrogens with one attached hydrogen (secondary N) is 1. The summed E-state index contributed by atoms with van der Waals surface area (Å²) in [5, 5.41) is 12.6. The number of anilines is 1. The second-order valence-electron chi connectivity index (χ2n) is 5.57. The van der Waals surface area contributed by atoms with Crippen molar-refractivity contribution < 1.29 is 9.90 Å². The van der Waals surface area contributed by atoms with Crippen molar-refractivity contribution in [1.29, 1.82) is 0 Å². The molecule has 0 radical (unpaired) electrons. The third-order valence-electron chi connectivity index (χ3n) is 4.28. The van der Waals surface area contributed by atoms with E-state index in [9.17, 15) is 9.90 Å². The Hall–Kier alpha value is -1.51. The van der Waals surface area contributed by atoms with E-state index in [-0.39, 0.29) is 0 Å². The van der Waals surface area contributed by atoms with Crippen molar-refractivity contribution in [2.75, 3.05) is 11.9 Å². The summed E-state index contributed by atoms with van der Waals surface area (Å²) in [6.45, 7) is 8.90. The van der Waals surface area contributed by atoms with Crippen LogP contribution in [-0.2, 0) is 4.79 Å². The molecular weight excluding hydrogens is 226 g/mol. The molecule has 1 aliphatic rings. The maximum Gasteiger partial charge on any atom is 0.311 e. The van der Waals surface area contributed by atoms with Gasteiger partial charge < -0.3 is 10.4 Å². The van der Waals surface area contributed by atoms with Gasteiger partial charge in [-0.2, -0.15) is 0 Å². The van der Waals surface area contributed by atoms with Gasteiger partial charge in [-0.05, 0) is 62.8 Å². The van der Waals surface area contributed by atoms with Crippen LogP contribution in [0, 0.1) is 33.1 Å². The van der Waals surface area contributed by atoms with E-state index < -0.39 is 11.4 Å². The van der Waals surface area contributed by atoms with Crippen molar-refractivity contribution >= 4 is 11.7 Å². The van der Waals surface area contributed by atoms with E-state index >= 15 is 0 Å². The Kier molecular flexibility index (Phi) is 3.09. The van der Waals surface area contributed by atoms with Crippen molar-refractivity contribution in [3.8, 4) is 0 Å². The zero-order valence-corrected chi connectivity index (χ0v) is 11.6. The molecule has 0 heterocycles. The van der Waals surface area contributed by atoms with Gasteiger partial charge in [0, 0.05) is 12.2 Å². The molecule has 1 aromatic rings. The van der Waals surface area contributed by atoms with Gasteiger partial charge in [-0.25, -0.2) is 0 Å². The normalized spacial score (nSPS) is 16.4. The fraction of sp³-hybridized carbons (Fsp3) is 0.533. The molecule has 2 rings (SSSR count). The first-order valence-corrected chi connectivity index (χ1v) is 6.42. The average molecular weight is 247 g/mol. The Morgan fingerprint density at radius 1 is 1.22 bits per heavy atom. The van der Waals surface area contributed by atoms with Crippen LogP contribution >= 0.6 is 0 Å². The molecule has 1 aromatic carbocycles. The van der Waals surface area contributed by atoms with Crippen molar-refractivity contribution in [3.05, 3.63) is 28.3 Å². The van der Waals surface area contributed by atoms with E-state index in [0.29, 0.717) is 6.54 Å². The lowest BCUT2D eigenvalue weighted by atomic mass is 9.98. The second-order valence-corrected chi connectivity index (χ2v) is 5.57. The zero-order chi connectivity index (χ0) is 13.5. The largest absolute Gasteiger partial charge is 0.481 e. The van der Waals surface area contributed by atoms with Gasteiger partial charge in [-0.1, -0.05) is 6.07 Å². The number of rotatable bonds is 4. The zero-order valence-electron chi connectivity index (χ0n) is 11.6. The molecule has 0 unspecified atom stereocenters. The average Bonchev–Trinajstić information content (AvgIpc) is 3.08. The molecule has 1 fully saturated rings. The highest BCUT2D eigenvalue weighted by atomic mass is 16.4. The predicted molar refractivity (Wildman–Crippen MR) is 73.2 cm³/mol. The fourth-order valence-corrected chi connectivity index (χ4v) is 2.36. The van der Waals surface area contributed by atoms with Crippen LogP contribution in [0.4, 0.5) is 5.69 Å². The smallest absolute Gasteiger partial charge is 0.311 e. The summed E-state index contributed by atoms with van der Waals surface area (Å²) in [5.41, 5.74) is 5.54. The van der Waals surface area contributed by atoms with E-state index in [0.717, 1.165) is 18.5 Å². The molecule has 2 N–H and O–H groups in total. The first-order valence-electron chi connectivity index (χ1n) is 6.42. The third kappa shape index (κ3) is 2.09. The lowest BCUT2D eigenvalue weighted by Gasteiger charge is -2.19. The lowest BCUT2D eigenvalue weighted by Crippen LogP contribution is -2.25. The molecule has 18 heavy (non-hydrogen) atoms. The minimum absolute atomic E-state index is 0.517. The topological polar surface area (TPSA) is 49.3 Å². The Morgan fingerprint density at radius 2 is 1.72 bits per heavy atom. The molecule has 3 heteroatoms. The quantitative estimate of drug-likeness (QED) is 0.859. The molecule has 98 valence electrons. The minimum atomic E-state index is -0.672. The number of carboxylic acid groups (broad SMARTS) is 1. The van der Waals surface area contributed by atoms with Crippen LogP contribution in [-0.4, -0.2) is 17.6 Å². The summed E-state index contributed by atoms with van der Waals surface area (Å²) < 4.78 is 0. The molecule has 0 atom stereocenters. The van der Waals surface area contributed by atoms with Crippen LogP contribution in [0.25, 0.3) is 0 Å². The molecule has 3 nitrogen and oxygen atoms in total. The number of hydrogen-bond donors (Lipinski definition) is 2. The summed E-state index contributed by atoms with van der Waals surface area (Å²) in [4.78, 5) is 11.2.